The Kier molecular flexibility index (Phi) is 13.9. The Morgan fingerprint density at radius 1 is 0.741 bits per heavy atom. The van der Waals surface area contributed by atoms with Crippen LogP contribution in [0.2, 0.25) is 0 Å². The first kappa shape index (κ1) is 23.8. The predicted octanol–water partition coefficient (Wildman–Crippen LogP) is 7.32. The standard InChI is InChI=1S/C24H42O3/c1-3-5-6-7-8-9-10-11-12-13-14-15-16-17-18-19-21-20-23(25)22(4-2)24(26)27-21/h20,25H,3-19H2,1-2H3. The maximum atomic E-state index is 11.7. The molecule has 0 spiro atoms. The molecule has 0 aliphatic carbocycles. The highest BCUT2D eigenvalue weighted by molar-refractivity contribution is 5.29. The molecule has 0 fully saturated rings. The van der Waals surface area contributed by atoms with Gasteiger partial charge in [-0.1, -0.05) is 104 Å². The van der Waals surface area contributed by atoms with E-state index in [-0.39, 0.29) is 11.4 Å². The summed E-state index contributed by atoms with van der Waals surface area (Å²) in [5.74, 6) is 0.703. The average molecular weight is 379 g/mol. The molecule has 0 bridgehead atoms. The highest BCUT2D eigenvalue weighted by Gasteiger charge is 2.08. The largest absolute Gasteiger partial charge is 0.507 e. The molecule has 1 rings (SSSR count). The second-order valence-electron chi connectivity index (χ2n) is 7.92. The first-order chi connectivity index (χ1) is 13.2. The molecular formula is C24H42O3. The molecule has 0 aromatic carbocycles. The number of hydrogen-bond acceptors (Lipinski definition) is 3. The first-order valence-electron chi connectivity index (χ1n) is 11.5. The van der Waals surface area contributed by atoms with Crippen molar-refractivity contribution in [2.45, 2.75) is 123 Å². The maximum absolute atomic E-state index is 11.7. The Hall–Kier alpha value is -1.25. The molecule has 0 atom stereocenters. The van der Waals surface area contributed by atoms with Gasteiger partial charge >= 0.3 is 5.63 Å². The number of unbranched alkanes of at least 4 members (excludes halogenated alkanes) is 14. The van der Waals surface area contributed by atoms with Gasteiger partial charge in [-0.2, -0.15) is 0 Å². The lowest BCUT2D eigenvalue weighted by Gasteiger charge is -2.05. The van der Waals surface area contributed by atoms with Crippen LogP contribution in [0.25, 0.3) is 0 Å². The fraction of sp³-hybridized carbons (Fsp3) is 0.792. The SMILES string of the molecule is CCCCCCCCCCCCCCCCCc1cc(O)c(CC)c(=O)o1. The monoisotopic (exact) mass is 378 g/mol. The van der Waals surface area contributed by atoms with E-state index >= 15 is 0 Å². The second kappa shape index (κ2) is 15.8. The molecule has 0 aliphatic rings. The van der Waals surface area contributed by atoms with E-state index in [0.717, 1.165) is 19.3 Å². The summed E-state index contributed by atoms with van der Waals surface area (Å²) in [5, 5.41) is 9.84. The van der Waals surface area contributed by atoms with E-state index in [4.69, 9.17) is 4.42 Å². The Balaban J connectivity index is 1.92. The lowest BCUT2D eigenvalue weighted by molar-refractivity contribution is 0.408. The van der Waals surface area contributed by atoms with Gasteiger partial charge in [0.05, 0.1) is 5.56 Å². The van der Waals surface area contributed by atoms with Gasteiger partial charge in [0.2, 0.25) is 0 Å². The van der Waals surface area contributed by atoms with Gasteiger partial charge in [0.25, 0.3) is 0 Å². The second-order valence-corrected chi connectivity index (χ2v) is 7.92. The van der Waals surface area contributed by atoms with Crippen LogP contribution in [0.15, 0.2) is 15.3 Å². The summed E-state index contributed by atoms with van der Waals surface area (Å²) in [5.41, 5.74) is 0.00343. The topological polar surface area (TPSA) is 50.4 Å². The molecule has 0 saturated heterocycles. The van der Waals surface area contributed by atoms with Crippen molar-refractivity contribution in [3.63, 3.8) is 0 Å². The van der Waals surface area contributed by atoms with Crippen LogP contribution >= 0.6 is 0 Å². The molecule has 0 aliphatic heterocycles. The minimum Gasteiger partial charge on any atom is -0.507 e. The van der Waals surface area contributed by atoms with Gasteiger partial charge in [-0.25, -0.2) is 4.79 Å². The molecule has 1 heterocycles. The van der Waals surface area contributed by atoms with Gasteiger partial charge in [0, 0.05) is 12.5 Å². The fourth-order valence-electron chi connectivity index (χ4n) is 3.67. The quantitative estimate of drug-likeness (QED) is 0.289. The third-order valence-corrected chi connectivity index (χ3v) is 5.46. The molecule has 27 heavy (non-hydrogen) atoms. The molecule has 0 unspecified atom stereocenters. The number of rotatable bonds is 17. The van der Waals surface area contributed by atoms with Crippen LogP contribution in [-0.4, -0.2) is 5.11 Å². The van der Waals surface area contributed by atoms with Gasteiger partial charge in [-0.15, -0.1) is 0 Å². The van der Waals surface area contributed by atoms with Crippen molar-refractivity contribution >= 4 is 0 Å². The number of aryl methyl sites for hydroxylation is 1. The van der Waals surface area contributed by atoms with Gasteiger partial charge in [-0.3, -0.25) is 0 Å². The Morgan fingerprint density at radius 3 is 1.59 bits per heavy atom. The highest BCUT2D eigenvalue weighted by atomic mass is 16.4. The van der Waals surface area contributed by atoms with Crippen molar-refractivity contribution in [2.24, 2.45) is 0 Å². The molecule has 0 radical (unpaired) electrons. The molecule has 3 heteroatoms. The van der Waals surface area contributed by atoms with Crippen LogP contribution in [0.5, 0.6) is 5.75 Å². The summed E-state index contributed by atoms with van der Waals surface area (Å²) in [6, 6.07) is 1.62. The summed E-state index contributed by atoms with van der Waals surface area (Å²) in [4.78, 5) is 11.7. The molecule has 1 aromatic heterocycles. The summed E-state index contributed by atoms with van der Waals surface area (Å²) < 4.78 is 5.28. The Labute approximate surface area is 166 Å². The van der Waals surface area contributed by atoms with Gasteiger partial charge in [0.1, 0.15) is 11.5 Å². The van der Waals surface area contributed by atoms with E-state index in [1.807, 2.05) is 6.92 Å². The molecule has 3 nitrogen and oxygen atoms in total. The molecule has 1 N–H and O–H groups in total. The normalized spacial score (nSPS) is 11.2. The van der Waals surface area contributed by atoms with Crippen molar-refractivity contribution in [3.8, 4) is 5.75 Å². The molecule has 0 saturated carbocycles. The van der Waals surface area contributed by atoms with Gasteiger partial charge in [-0.05, 0) is 12.8 Å². The van der Waals surface area contributed by atoms with E-state index in [1.54, 1.807) is 6.07 Å². The van der Waals surface area contributed by atoms with E-state index in [0.29, 0.717) is 17.7 Å². The molecule has 156 valence electrons. The van der Waals surface area contributed by atoms with Crippen molar-refractivity contribution in [2.75, 3.05) is 0 Å². The average Bonchev–Trinajstić information content (AvgIpc) is 2.64. The van der Waals surface area contributed by atoms with Crippen LogP contribution in [0, 0.1) is 0 Å². The summed E-state index contributed by atoms with van der Waals surface area (Å²) in [7, 11) is 0. The number of aromatic hydroxyl groups is 1. The van der Waals surface area contributed by atoms with Crippen molar-refractivity contribution in [1.29, 1.82) is 0 Å². The zero-order chi connectivity index (χ0) is 19.7. The molecule has 0 amide bonds. The third kappa shape index (κ3) is 11.2. The zero-order valence-corrected chi connectivity index (χ0v) is 17.9. The zero-order valence-electron chi connectivity index (χ0n) is 17.9. The van der Waals surface area contributed by atoms with Crippen LogP contribution in [0.3, 0.4) is 0 Å². The fourth-order valence-corrected chi connectivity index (χ4v) is 3.67. The van der Waals surface area contributed by atoms with E-state index < -0.39 is 0 Å². The lowest BCUT2D eigenvalue weighted by atomic mass is 10.0. The lowest BCUT2D eigenvalue weighted by Crippen LogP contribution is -2.08. The van der Waals surface area contributed by atoms with E-state index in [1.165, 1.54) is 83.5 Å². The summed E-state index contributed by atoms with van der Waals surface area (Å²) in [6.07, 6.45) is 21.4. The maximum Gasteiger partial charge on any atom is 0.342 e. The summed E-state index contributed by atoms with van der Waals surface area (Å²) in [6.45, 7) is 4.12. The smallest absolute Gasteiger partial charge is 0.342 e. The Bertz CT molecular complexity index is 533. The van der Waals surface area contributed by atoms with Crippen LogP contribution < -0.4 is 5.63 Å². The third-order valence-electron chi connectivity index (χ3n) is 5.46. The number of hydrogen-bond donors (Lipinski definition) is 1. The van der Waals surface area contributed by atoms with Crippen LogP contribution in [0.4, 0.5) is 0 Å². The summed E-state index contributed by atoms with van der Waals surface area (Å²) >= 11 is 0. The molecular weight excluding hydrogens is 336 g/mol. The van der Waals surface area contributed by atoms with Gasteiger partial charge in [0.15, 0.2) is 0 Å². The van der Waals surface area contributed by atoms with Crippen LogP contribution in [0.1, 0.15) is 121 Å². The highest BCUT2D eigenvalue weighted by Crippen LogP contribution is 2.18. The minimum atomic E-state index is -0.381. The predicted molar refractivity (Wildman–Crippen MR) is 115 cm³/mol. The van der Waals surface area contributed by atoms with Crippen LogP contribution in [-0.2, 0) is 12.8 Å². The van der Waals surface area contributed by atoms with E-state index in [2.05, 4.69) is 6.92 Å². The Morgan fingerprint density at radius 2 is 1.19 bits per heavy atom. The van der Waals surface area contributed by atoms with Crippen molar-refractivity contribution in [1.82, 2.24) is 0 Å². The first-order valence-corrected chi connectivity index (χ1v) is 11.5. The minimum absolute atomic E-state index is 0.0877. The molecule has 1 aromatic rings. The van der Waals surface area contributed by atoms with Crippen molar-refractivity contribution in [3.05, 3.63) is 27.8 Å². The van der Waals surface area contributed by atoms with Gasteiger partial charge < -0.3 is 9.52 Å². The van der Waals surface area contributed by atoms with Crippen molar-refractivity contribution < 1.29 is 9.52 Å². The van der Waals surface area contributed by atoms with E-state index in [9.17, 15) is 9.90 Å².